The number of nitro groups is 1. The average Bonchev–Trinajstić information content (AvgIpc) is 2.50. The van der Waals surface area contributed by atoms with E-state index in [4.69, 9.17) is 14.6 Å². The van der Waals surface area contributed by atoms with Crippen LogP contribution in [0.5, 0.6) is 5.75 Å². The topological polar surface area (TPSA) is 98.9 Å². The molecule has 0 amide bonds. The number of phenols is 1. The van der Waals surface area contributed by atoms with Gasteiger partial charge in [-0.1, -0.05) is 0 Å². The van der Waals surface area contributed by atoms with Crippen molar-refractivity contribution in [2.75, 3.05) is 13.2 Å². The Morgan fingerprint density at radius 2 is 1.78 bits per heavy atom. The van der Waals surface area contributed by atoms with Gasteiger partial charge in [-0.15, -0.1) is 13.2 Å². The van der Waals surface area contributed by atoms with Gasteiger partial charge in [0.25, 0.3) is 0 Å². The second-order valence-corrected chi connectivity index (χ2v) is 4.00. The highest BCUT2D eigenvalue weighted by Crippen LogP contribution is 2.26. The van der Waals surface area contributed by atoms with Gasteiger partial charge < -0.3 is 14.6 Å². The Hall–Kier alpha value is -2.25. The Kier molecular flexibility index (Phi) is 13.4. The van der Waals surface area contributed by atoms with Gasteiger partial charge in [0.1, 0.15) is 0 Å². The van der Waals surface area contributed by atoms with E-state index in [1.807, 2.05) is 20.8 Å². The second-order valence-electron chi connectivity index (χ2n) is 4.00. The van der Waals surface area contributed by atoms with E-state index in [-0.39, 0.29) is 17.6 Å². The smallest absolute Gasteiger partial charge is 0.311 e. The normalized spacial score (nSPS) is 9.26. The van der Waals surface area contributed by atoms with Crippen molar-refractivity contribution in [1.82, 2.24) is 0 Å². The number of carbonyl (C=O) groups is 1. The number of benzene rings is 1. The van der Waals surface area contributed by atoms with Gasteiger partial charge in [-0.25, -0.2) is 0 Å². The van der Waals surface area contributed by atoms with Crippen LogP contribution in [0.4, 0.5) is 5.69 Å². The number of carbonyl (C=O) groups excluding carboxylic acids is 1. The zero-order valence-corrected chi connectivity index (χ0v) is 14.1. The van der Waals surface area contributed by atoms with Crippen molar-refractivity contribution >= 4 is 11.5 Å². The minimum Gasteiger partial charge on any atom is -0.502 e. The van der Waals surface area contributed by atoms with Crippen LogP contribution < -0.4 is 0 Å². The fraction of sp³-hybridized carbons (Fsp3) is 0.438. The summed E-state index contributed by atoms with van der Waals surface area (Å²) in [7, 11) is 0. The van der Waals surface area contributed by atoms with Crippen LogP contribution >= 0.6 is 0 Å². The lowest BCUT2D eigenvalue weighted by atomic mass is 10.1. The van der Waals surface area contributed by atoms with Crippen LogP contribution in [0, 0.1) is 10.1 Å². The molecule has 7 nitrogen and oxygen atoms in total. The number of nitrogens with zero attached hydrogens (tertiary/aromatic N) is 1. The third-order valence-corrected chi connectivity index (χ3v) is 2.38. The highest BCUT2D eigenvalue weighted by atomic mass is 16.7. The van der Waals surface area contributed by atoms with E-state index >= 15 is 0 Å². The molecule has 1 rings (SSSR count). The number of hydrogen-bond donors (Lipinski definition) is 1. The van der Waals surface area contributed by atoms with Crippen molar-refractivity contribution in [3.8, 4) is 5.75 Å². The first-order chi connectivity index (χ1) is 10.8. The monoisotopic (exact) mass is 327 g/mol. The van der Waals surface area contributed by atoms with Crippen molar-refractivity contribution in [2.24, 2.45) is 0 Å². The standard InChI is InChI=1S/C8H7NO4.C6H14O2.C2H4/c1-5(10)6-2-3-8(11)7(4-6)9(12)13;1-4-7-6(3)8-5-2;1-2/h2-4,11H,1H3;6H,4-5H2,1-3H3;1-2H2. The van der Waals surface area contributed by atoms with Gasteiger partial charge in [-0.05, 0) is 39.8 Å². The minimum absolute atomic E-state index is 0.0370. The third-order valence-electron chi connectivity index (χ3n) is 2.38. The lowest BCUT2D eigenvalue weighted by molar-refractivity contribution is -0.385. The fourth-order valence-corrected chi connectivity index (χ4v) is 1.41. The summed E-state index contributed by atoms with van der Waals surface area (Å²) in [5, 5.41) is 19.4. The summed E-state index contributed by atoms with van der Waals surface area (Å²) in [5.74, 6) is -0.710. The zero-order chi connectivity index (χ0) is 18.4. The predicted octanol–water partition coefficient (Wildman–Crippen LogP) is 3.71. The Morgan fingerprint density at radius 1 is 1.30 bits per heavy atom. The second kappa shape index (κ2) is 13.4. The van der Waals surface area contributed by atoms with Crippen LogP contribution in [0.2, 0.25) is 0 Å². The van der Waals surface area contributed by atoms with Crippen LogP contribution in [-0.4, -0.2) is 35.3 Å². The number of hydrogen-bond acceptors (Lipinski definition) is 6. The first-order valence-corrected chi connectivity index (χ1v) is 7.04. The Labute approximate surface area is 136 Å². The van der Waals surface area contributed by atoms with Crippen LogP contribution in [0.3, 0.4) is 0 Å². The number of phenolic OH excluding ortho intramolecular Hbond substituents is 1. The maximum absolute atomic E-state index is 10.8. The molecule has 0 aliphatic heterocycles. The molecule has 130 valence electrons. The Morgan fingerprint density at radius 3 is 2.13 bits per heavy atom. The quantitative estimate of drug-likeness (QED) is 0.281. The summed E-state index contributed by atoms with van der Waals surface area (Å²) < 4.78 is 10.1. The maximum atomic E-state index is 10.8. The van der Waals surface area contributed by atoms with Crippen molar-refractivity contribution < 1.29 is 24.3 Å². The molecule has 0 atom stereocenters. The van der Waals surface area contributed by atoms with Crippen LogP contribution in [0.1, 0.15) is 38.1 Å². The van der Waals surface area contributed by atoms with Crippen LogP contribution in [-0.2, 0) is 9.47 Å². The van der Waals surface area contributed by atoms with Gasteiger partial charge in [0, 0.05) is 24.8 Å². The molecule has 1 N–H and O–H groups in total. The molecule has 0 spiro atoms. The summed E-state index contributed by atoms with van der Waals surface area (Å²) in [6.07, 6.45) is -0.0370. The van der Waals surface area contributed by atoms with E-state index in [0.29, 0.717) is 0 Å². The molecule has 0 saturated carbocycles. The third kappa shape index (κ3) is 10.2. The maximum Gasteiger partial charge on any atom is 0.311 e. The van der Waals surface area contributed by atoms with Gasteiger partial charge in [0.2, 0.25) is 0 Å². The summed E-state index contributed by atoms with van der Waals surface area (Å²) in [6.45, 7) is 14.6. The molecule has 0 fully saturated rings. The van der Waals surface area contributed by atoms with Gasteiger partial charge in [0.15, 0.2) is 17.8 Å². The van der Waals surface area contributed by atoms with Gasteiger partial charge >= 0.3 is 5.69 Å². The number of ketones is 1. The van der Waals surface area contributed by atoms with Gasteiger partial charge in [0.05, 0.1) is 4.92 Å². The van der Waals surface area contributed by atoms with E-state index in [1.165, 1.54) is 13.0 Å². The number of Topliss-reactive ketones (excluding diaryl/α,β-unsaturated/α-hetero) is 1. The van der Waals surface area contributed by atoms with E-state index in [9.17, 15) is 14.9 Å². The highest BCUT2D eigenvalue weighted by molar-refractivity contribution is 5.95. The fourth-order valence-electron chi connectivity index (χ4n) is 1.41. The van der Waals surface area contributed by atoms with E-state index in [0.717, 1.165) is 25.3 Å². The number of nitro benzene ring substituents is 1. The molecular formula is C16H25NO6. The minimum atomic E-state index is -0.734. The molecule has 0 aliphatic carbocycles. The van der Waals surface area contributed by atoms with E-state index in [2.05, 4.69) is 13.2 Å². The van der Waals surface area contributed by atoms with Crippen molar-refractivity contribution in [2.45, 2.75) is 34.0 Å². The molecule has 0 unspecified atom stereocenters. The molecule has 0 radical (unpaired) electrons. The number of aromatic hydroxyl groups is 1. The molecule has 7 heteroatoms. The zero-order valence-electron chi connectivity index (χ0n) is 14.1. The Bertz CT molecular complexity index is 483. The lowest BCUT2D eigenvalue weighted by Crippen LogP contribution is -2.11. The molecule has 0 aliphatic rings. The van der Waals surface area contributed by atoms with Gasteiger partial charge in [-0.2, -0.15) is 0 Å². The van der Waals surface area contributed by atoms with Crippen LogP contribution in [0.15, 0.2) is 31.4 Å². The van der Waals surface area contributed by atoms with Crippen LogP contribution in [0.25, 0.3) is 0 Å². The van der Waals surface area contributed by atoms with Crippen molar-refractivity contribution in [3.05, 3.63) is 47.0 Å². The first-order valence-electron chi connectivity index (χ1n) is 7.04. The molecule has 0 heterocycles. The summed E-state index contributed by atoms with van der Waals surface area (Å²) in [6, 6.07) is 3.52. The molecule has 1 aromatic carbocycles. The summed E-state index contributed by atoms with van der Waals surface area (Å²) in [5.41, 5.74) is -0.239. The van der Waals surface area contributed by atoms with E-state index < -0.39 is 16.4 Å². The number of rotatable bonds is 6. The summed E-state index contributed by atoms with van der Waals surface area (Å²) >= 11 is 0. The molecule has 0 saturated heterocycles. The predicted molar refractivity (Wildman–Crippen MR) is 88.7 cm³/mol. The largest absolute Gasteiger partial charge is 0.502 e. The average molecular weight is 327 g/mol. The molecule has 23 heavy (non-hydrogen) atoms. The summed E-state index contributed by atoms with van der Waals surface area (Å²) in [4.78, 5) is 20.4. The number of ether oxygens (including phenoxy) is 2. The van der Waals surface area contributed by atoms with Crippen molar-refractivity contribution in [3.63, 3.8) is 0 Å². The first kappa shape index (κ1) is 23.0. The molecular weight excluding hydrogens is 302 g/mol. The van der Waals surface area contributed by atoms with Crippen molar-refractivity contribution in [1.29, 1.82) is 0 Å². The SMILES string of the molecule is C=C.CC(=O)c1ccc(O)c([N+](=O)[O-])c1.CCOC(C)OCC. The lowest BCUT2D eigenvalue weighted by Gasteiger charge is -2.09. The molecule has 0 bridgehead atoms. The molecule has 1 aromatic rings. The Balaban J connectivity index is 0. The van der Waals surface area contributed by atoms with Gasteiger partial charge in [-0.3, -0.25) is 14.9 Å². The highest BCUT2D eigenvalue weighted by Gasteiger charge is 2.14. The van der Waals surface area contributed by atoms with E-state index in [1.54, 1.807) is 0 Å². The molecule has 0 aromatic heterocycles.